The summed E-state index contributed by atoms with van der Waals surface area (Å²) < 4.78 is 18.9. The molecular formula is C21H26FN3O2. The Labute approximate surface area is 159 Å². The van der Waals surface area contributed by atoms with Crippen LogP contribution in [0.15, 0.2) is 42.5 Å². The fourth-order valence-corrected chi connectivity index (χ4v) is 3.24. The molecule has 0 saturated carbocycles. The number of benzene rings is 2. The minimum Gasteiger partial charge on any atom is -0.497 e. The van der Waals surface area contributed by atoms with Crippen molar-refractivity contribution in [3.05, 3.63) is 53.8 Å². The molecule has 1 amide bonds. The average molecular weight is 371 g/mol. The third kappa shape index (κ3) is 4.57. The molecule has 6 heteroatoms. The highest BCUT2D eigenvalue weighted by atomic mass is 19.1. The number of hydrogen-bond acceptors (Lipinski definition) is 4. The number of ether oxygens (including phenoxy) is 1. The Morgan fingerprint density at radius 3 is 2.37 bits per heavy atom. The Bertz CT molecular complexity index is 787. The number of amides is 1. The van der Waals surface area contributed by atoms with Crippen LogP contribution in [0.25, 0.3) is 0 Å². The van der Waals surface area contributed by atoms with E-state index < -0.39 is 0 Å². The molecule has 1 atom stereocenters. The molecule has 0 spiro atoms. The molecule has 1 saturated heterocycles. The highest BCUT2D eigenvalue weighted by Gasteiger charge is 2.25. The highest BCUT2D eigenvalue weighted by molar-refractivity contribution is 5.94. The summed E-state index contributed by atoms with van der Waals surface area (Å²) in [6.07, 6.45) is 0. The first-order valence-electron chi connectivity index (χ1n) is 9.18. The molecule has 3 rings (SSSR count). The van der Waals surface area contributed by atoms with Crippen molar-refractivity contribution >= 4 is 17.3 Å². The van der Waals surface area contributed by atoms with E-state index in [1.165, 1.54) is 6.07 Å². The summed E-state index contributed by atoms with van der Waals surface area (Å²) >= 11 is 0. The van der Waals surface area contributed by atoms with Crippen LogP contribution in [0.5, 0.6) is 5.75 Å². The summed E-state index contributed by atoms with van der Waals surface area (Å²) in [4.78, 5) is 17.0. The lowest BCUT2D eigenvalue weighted by Gasteiger charge is -2.38. The molecule has 144 valence electrons. The maximum Gasteiger partial charge on any atom is 0.241 e. The molecule has 5 nitrogen and oxygen atoms in total. The fourth-order valence-electron chi connectivity index (χ4n) is 3.24. The summed E-state index contributed by atoms with van der Waals surface area (Å²) in [6, 6.07) is 12.5. The van der Waals surface area contributed by atoms with E-state index in [4.69, 9.17) is 4.74 Å². The van der Waals surface area contributed by atoms with Crippen LogP contribution >= 0.6 is 0 Å². The van der Waals surface area contributed by atoms with E-state index in [0.29, 0.717) is 11.3 Å². The van der Waals surface area contributed by atoms with Gasteiger partial charge in [-0.3, -0.25) is 9.69 Å². The van der Waals surface area contributed by atoms with Gasteiger partial charge in [0.25, 0.3) is 0 Å². The number of hydrogen-bond donors (Lipinski definition) is 1. The maximum absolute atomic E-state index is 13.7. The number of anilines is 2. The van der Waals surface area contributed by atoms with Crippen molar-refractivity contribution in [1.29, 1.82) is 0 Å². The number of nitrogens with zero attached hydrogens (tertiary/aromatic N) is 2. The molecule has 1 heterocycles. The summed E-state index contributed by atoms with van der Waals surface area (Å²) in [6.45, 7) is 6.88. The Kier molecular flexibility index (Phi) is 5.96. The van der Waals surface area contributed by atoms with Gasteiger partial charge in [-0.15, -0.1) is 0 Å². The van der Waals surface area contributed by atoms with Crippen molar-refractivity contribution in [1.82, 2.24) is 4.90 Å². The SMILES string of the molecule is COc1ccc(N2CCN([C@H](C)C(=O)Nc3ccc(C)c(F)c3)CC2)cc1. The minimum atomic E-state index is -0.312. The first-order chi connectivity index (χ1) is 13.0. The van der Waals surface area contributed by atoms with E-state index >= 15 is 0 Å². The van der Waals surface area contributed by atoms with Gasteiger partial charge in [0.15, 0.2) is 0 Å². The van der Waals surface area contributed by atoms with E-state index in [9.17, 15) is 9.18 Å². The van der Waals surface area contributed by atoms with Crippen LogP contribution in [0.1, 0.15) is 12.5 Å². The summed E-state index contributed by atoms with van der Waals surface area (Å²) in [5.41, 5.74) is 2.21. The van der Waals surface area contributed by atoms with Gasteiger partial charge in [0.1, 0.15) is 11.6 Å². The molecule has 2 aromatic carbocycles. The van der Waals surface area contributed by atoms with Crippen LogP contribution in [0.4, 0.5) is 15.8 Å². The highest BCUT2D eigenvalue weighted by Crippen LogP contribution is 2.21. The number of halogens is 1. The Hall–Kier alpha value is -2.60. The second kappa shape index (κ2) is 8.39. The third-order valence-electron chi connectivity index (χ3n) is 5.12. The molecule has 1 N–H and O–H groups in total. The van der Waals surface area contributed by atoms with E-state index in [1.807, 2.05) is 19.1 Å². The van der Waals surface area contributed by atoms with Gasteiger partial charge < -0.3 is 15.0 Å². The predicted octanol–water partition coefficient (Wildman–Crippen LogP) is 3.29. The summed E-state index contributed by atoms with van der Waals surface area (Å²) in [7, 11) is 1.66. The van der Waals surface area contributed by atoms with Gasteiger partial charge >= 0.3 is 0 Å². The number of methoxy groups -OCH3 is 1. The second-order valence-electron chi connectivity index (χ2n) is 6.85. The first-order valence-corrected chi connectivity index (χ1v) is 9.18. The summed E-state index contributed by atoms with van der Waals surface area (Å²) in [5, 5.41) is 2.81. The summed E-state index contributed by atoms with van der Waals surface area (Å²) in [5.74, 6) is 0.417. The van der Waals surface area contributed by atoms with Gasteiger partial charge in [-0.05, 0) is 55.8 Å². The molecule has 0 aromatic heterocycles. The monoisotopic (exact) mass is 371 g/mol. The van der Waals surface area contributed by atoms with Gasteiger partial charge in [-0.2, -0.15) is 0 Å². The number of piperazine rings is 1. The van der Waals surface area contributed by atoms with Gasteiger partial charge in [0.05, 0.1) is 13.2 Å². The zero-order valence-corrected chi connectivity index (χ0v) is 16.0. The van der Waals surface area contributed by atoms with Crippen molar-refractivity contribution < 1.29 is 13.9 Å². The van der Waals surface area contributed by atoms with Crippen molar-refractivity contribution in [2.75, 3.05) is 43.5 Å². The average Bonchev–Trinajstić information content (AvgIpc) is 2.70. The predicted molar refractivity (Wildman–Crippen MR) is 106 cm³/mol. The third-order valence-corrected chi connectivity index (χ3v) is 5.12. The van der Waals surface area contributed by atoms with Crippen molar-refractivity contribution in [2.24, 2.45) is 0 Å². The lowest BCUT2D eigenvalue weighted by Crippen LogP contribution is -2.52. The maximum atomic E-state index is 13.7. The van der Waals surface area contributed by atoms with Crippen molar-refractivity contribution in [3.63, 3.8) is 0 Å². The van der Waals surface area contributed by atoms with E-state index in [1.54, 1.807) is 26.2 Å². The molecule has 1 aliphatic heterocycles. The number of aryl methyl sites for hydroxylation is 1. The number of nitrogens with one attached hydrogen (secondary N) is 1. The molecule has 0 radical (unpaired) electrons. The molecule has 0 bridgehead atoms. The normalized spacial score (nSPS) is 16.1. The smallest absolute Gasteiger partial charge is 0.241 e. The molecule has 2 aromatic rings. The largest absolute Gasteiger partial charge is 0.497 e. The van der Waals surface area contributed by atoms with Crippen molar-refractivity contribution in [2.45, 2.75) is 19.9 Å². The Morgan fingerprint density at radius 2 is 1.78 bits per heavy atom. The van der Waals surface area contributed by atoms with Crippen LogP contribution in [0.3, 0.4) is 0 Å². The standard InChI is InChI=1S/C21H26FN3O2/c1-15-4-5-17(14-20(15)22)23-21(26)16(2)24-10-12-25(13-11-24)18-6-8-19(27-3)9-7-18/h4-9,14,16H,10-13H2,1-3H3,(H,23,26)/t16-/m1/s1. The number of carbonyl (C=O) groups is 1. The van der Waals surface area contributed by atoms with Gasteiger partial charge in [-0.25, -0.2) is 4.39 Å². The van der Waals surface area contributed by atoms with E-state index in [0.717, 1.165) is 37.6 Å². The Balaban J connectivity index is 1.54. The lowest BCUT2D eigenvalue weighted by atomic mass is 10.1. The van der Waals surface area contributed by atoms with Gasteiger partial charge in [0.2, 0.25) is 5.91 Å². The van der Waals surface area contributed by atoms with Gasteiger partial charge in [-0.1, -0.05) is 6.07 Å². The zero-order chi connectivity index (χ0) is 19.4. The zero-order valence-electron chi connectivity index (χ0n) is 16.0. The molecule has 27 heavy (non-hydrogen) atoms. The minimum absolute atomic E-state index is 0.115. The Morgan fingerprint density at radius 1 is 1.11 bits per heavy atom. The van der Waals surface area contributed by atoms with E-state index in [-0.39, 0.29) is 17.8 Å². The van der Waals surface area contributed by atoms with Gasteiger partial charge in [0, 0.05) is 37.6 Å². The number of carbonyl (C=O) groups excluding carboxylic acids is 1. The molecule has 0 aliphatic carbocycles. The van der Waals surface area contributed by atoms with E-state index in [2.05, 4.69) is 27.2 Å². The van der Waals surface area contributed by atoms with Crippen molar-refractivity contribution in [3.8, 4) is 5.75 Å². The quantitative estimate of drug-likeness (QED) is 0.876. The lowest BCUT2D eigenvalue weighted by molar-refractivity contribution is -0.120. The van der Waals surface area contributed by atoms with Crippen LogP contribution in [0.2, 0.25) is 0 Å². The van der Waals surface area contributed by atoms with Crippen LogP contribution < -0.4 is 15.0 Å². The molecule has 0 unspecified atom stereocenters. The van der Waals surface area contributed by atoms with Crippen LogP contribution in [-0.2, 0) is 4.79 Å². The molecular weight excluding hydrogens is 345 g/mol. The second-order valence-corrected chi connectivity index (χ2v) is 6.85. The van der Waals surface area contributed by atoms with Crippen LogP contribution in [-0.4, -0.2) is 50.1 Å². The fraction of sp³-hybridized carbons (Fsp3) is 0.381. The molecule has 1 fully saturated rings. The molecule has 1 aliphatic rings. The first kappa shape index (κ1) is 19.2. The van der Waals surface area contributed by atoms with Crippen LogP contribution in [0, 0.1) is 12.7 Å². The number of rotatable bonds is 5. The topological polar surface area (TPSA) is 44.8 Å².